The van der Waals surface area contributed by atoms with E-state index < -0.39 is 10.8 Å². The highest BCUT2D eigenvalue weighted by atomic mass is 32.2. The third-order valence-corrected chi connectivity index (χ3v) is 2.69. The molecule has 0 aliphatic carbocycles. The van der Waals surface area contributed by atoms with Crippen molar-refractivity contribution in [3.63, 3.8) is 0 Å². The van der Waals surface area contributed by atoms with E-state index in [9.17, 15) is 13.8 Å². The Morgan fingerprint density at radius 2 is 2.00 bits per heavy atom. The Bertz CT molecular complexity index is 215. The molecule has 13 heavy (non-hydrogen) atoms. The summed E-state index contributed by atoms with van der Waals surface area (Å²) in [5.74, 6) is 0.609. The predicted molar refractivity (Wildman–Crippen MR) is 51.9 cm³/mol. The van der Waals surface area contributed by atoms with Crippen molar-refractivity contribution in [2.75, 3.05) is 18.1 Å². The van der Waals surface area contributed by atoms with Crippen LogP contribution in [0.25, 0.3) is 0 Å². The van der Waals surface area contributed by atoms with E-state index in [4.69, 9.17) is 0 Å². The molecule has 0 fully saturated rings. The lowest BCUT2D eigenvalue weighted by Crippen LogP contribution is -2.29. The zero-order valence-electron chi connectivity index (χ0n) is 7.96. The molecule has 1 amide bonds. The van der Waals surface area contributed by atoms with Crippen molar-refractivity contribution < 1.29 is 13.8 Å². The summed E-state index contributed by atoms with van der Waals surface area (Å²) < 4.78 is 10.9. The third kappa shape index (κ3) is 7.64. The molecule has 5 heteroatoms. The second-order valence-electron chi connectivity index (χ2n) is 2.66. The fourth-order valence-electron chi connectivity index (χ4n) is 0.737. The standard InChI is InChI=1S/C8H15NO3S/c1-3-13(12)5-4-9-8(11)6-7(2)10/h3-6H2,1-2H3,(H,9,11). The van der Waals surface area contributed by atoms with Crippen LogP contribution in [0.15, 0.2) is 0 Å². The highest BCUT2D eigenvalue weighted by molar-refractivity contribution is 7.84. The summed E-state index contributed by atoms with van der Waals surface area (Å²) >= 11 is 0. The number of rotatable bonds is 6. The molecule has 0 saturated carbocycles. The summed E-state index contributed by atoms with van der Waals surface area (Å²) in [6.07, 6.45) is -0.0846. The minimum Gasteiger partial charge on any atom is -0.355 e. The number of nitrogens with one attached hydrogen (secondary N) is 1. The van der Waals surface area contributed by atoms with Gasteiger partial charge in [-0.25, -0.2) is 0 Å². The molecule has 0 bridgehead atoms. The maximum absolute atomic E-state index is 10.9. The summed E-state index contributed by atoms with van der Waals surface area (Å²) in [5.41, 5.74) is 0. The van der Waals surface area contributed by atoms with Gasteiger partial charge in [-0.1, -0.05) is 6.92 Å². The van der Waals surface area contributed by atoms with Crippen molar-refractivity contribution in [1.29, 1.82) is 0 Å². The summed E-state index contributed by atoms with van der Waals surface area (Å²) in [7, 11) is -0.856. The van der Waals surface area contributed by atoms with Crippen molar-refractivity contribution in [2.45, 2.75) is 20.3 Å². The van der Waals surface area contributed by atoms with Crippen molar-refractivity contribution in [3.05, 3.63) is 0 Å². The molecule has 4 nitrogen and oxygen atoms in total. The van der Waals surface area contributed by atoms with Crippen LogP contribution in [0.1, 0.15) is 20.3 Å². The Morgan fingerprint density at radius 1 is 1.38 bits per heavy atom. The van der Waals surface area contributed by atoms with E-state index in [2.05, 4.69) is 5.32 Å². The first kappa shape index (κ1) is 12.3. The molecule has 0 aromatic heterocycles. The predicted octanol–water partition coefficient (Wildman–Crippen LogP) is -0.150. The molecule has 0 aliphatic heterocycles. The van der Waals surface area contributed by atoms with E-state index in [1.807, 2.05) is 6.92 Å². The van der Waals surface area contributed by atoms with Crippen LogP contribution in [-0.4, -0.2) is 33.9 Å². The number of Topliss-reactive ketones (excluding diaryl/α,β-unsaturated/α-hetero) is 1. The monoisotopic (exact) mass is 205 g/mol. The van der Waals surface area contributed by atoms with Gasteiger partial charge in [-0.05, 0) is 6.92 Å². The number of ketones is 1. The van der Waals surface area contributed by atoms with Crippen LogP contribution < -0.4 is 5.32 Å². The molecule has 0 aliphatic rings. The molecule has 0 saturated heterocycles. The minimum atomic E-state index is -0.856. The quantitative estimate of drug-likeness (QED) is 0.613. The summed E-state index contributed by atoms with van der Waals surface area (Å²) in [5, 5.41) is 2.53. The molecule has 0 heterocycles. The van der Waals surface area contributed by atoms with Crippen LogP contribution in [0, 0.1) is 0 Å². The lowest BCUT2D eigenvalue weighted by Gasteiger charge is -2.02. The fraction of sp³-hybridized carbons (Fsp3) is 0.750. The summed E-state index contributed by atoms with van der Waals surface area (Å²) in [4.78, 5) is 21.4. The maximum atomic E-state index is 10.9. The van der Waals surface area contributed by atoms with Crippen molar-refractivity contribution in [3.8, 4) is 0 Å². The van der Waals surface area contributed by atoms with Gasteiger partial charge in [0.05, 0.1) is 6.42 Å². The van der Waals surface area contributed by atoms with Crippen LogP contribution in [0.5, 0.6) is 0 Å². The molecule has 0 aromatic rings. The Labute approximate surface area is 80.5 Å². The average Bonchev–Trinajstić information content (AvgIpc) is 2.02. The largest absolute Gasteiger partial charge is 0.355 e. The van der Waals surface area contributed by atoms with E-state index in [-0.39, 0.29) is 18.1 Å². The Kier molecular flexibility index (Phi) is 6.40. The molecular weight excluding hydrogens is 190 g/mol. The van der Waals surface area contributed by atoms with Gasteiger partial charge in [0, 0.05) is 28.9 Å². The van der Waals surface area contributed by atoms with Gasteiger partial charge in [0.15, 0.2) is 0 Å². The van der Waals surface area contributed by atoms with E-state index in [0.717, 1.165) is 0 Å². The first-order valence-corrected chi connectivity index (χ1v) is 5.66. The van der Waals surface area contributed by atoms with Crippen molar-refractivity contribution >= 4 is 22.5 Å². The topological polar surface area (TPSA) is 63.2 Å². The summed E-state index contributed by atoms with van der Waals surface area (Å²) in [6.45, 7) is 3.57. The smallest absolute Gasteiger partial charge is 0.227 e. The lowest BCUT2D eigenvalue weighted by atomic mass is 10.3. The number of carbonyl (C=O) groups excluding carboxylic acids is 2. The zero-order valence-corrected chi connectivity index (χ0v) is 8.78. The molecule has 0 spiro atoms. The minimum absolute atomic E-state index is 0.0846. The second-order valence-corrected chi connectivity index (χ2v) is 4.53. The van der Waals surface area contributed by atoms with Gasteiger partial charge < -0.3 is 5.32 Å². The Balaban J connectivity index is 3.48. The number of amides is 1. The lowest BCUT2D eigenvalue weighted by molar-refractivity contribution is -0.127. The van der Waals surface area contributed by atoms with Gasteiger partial charge in [-0.15, -0.1) is 0 Å². The van der Waals surface area contributed by atoms with Gasteiger partial charge in [0.1, 0.15) is 5.78 Å². The van der Waals surface area contributed by atoms with Crippen LogP contribution in [0.4, 0.5) is 0 Å². The van der Waals surface area contributed by atoms with Crippen LogP contribution in [0.2, 0.25) is 0 Å². The normalized spacial score (nSPS) is 12.2. The van der Waals surface area contributed by atoms with E-state index in [0.29, 0.717) is 18.1 Å². The van der Waals surface area contributed by atoms with Crippen LogP contribution in [-0.2, 0) is 20.4 Å². The Morgan fingerprint density at radius 3 is 2.46 bits per heavy atom. The molecule has 0 aromatic carbocycles. The summed E-state index contributed by atoms with van der Waals surface area (Å²) in [6, 6.07) is 0. The molecule has 1 unspecified atom stereocenters. The highest BCUT2D eigenvalue weighted by Gasteiger charge is 2.04. The number of hydrogen-bond acceptors (Lipinski definition) is 3. The number of carbonyl (C=O) groups is 2. The number of hydrogen-bond donors (Lipinski definition) is 1. The first-order chi connectivity index (χ1) is 6.06. The highest BCUT2D eigenvalue weighted by Crippen LogP contribution is 1.83. The molecule has 0 radical (unpaired) electrons. The Hall–Kier alpha value is -0.710. The van der Waals surface area contributed by atoms with Gasteiger partial charge in [0.25, 0.3) is 0 Å². The average molecular weight is 205 g/mol. The maximum Gasteiger partial charge on any atom is 0.227 e. The SMILES string of the molecule is CCS(=O)CCNC(=O)CC(C)=O. The fourth-order valence-corrected chi connectivity index (χ4v) is 1.36. The third-order valence-electron chi connectivity index (χ3n) is 1.38. The molecule has 76 valence electrons. The molecule has 1 atom stereocenters. The van der Waals surface area contributed by atoms with E-state index >= 15 is 0 Å². The van der Waals surface area contributed by atoms with Gasteiger partial charge >= 0.3 is 0 Å². The van der Waals surface area contributed by atoms with Crippen LogP contribution in [0.3, 0.4) is 0 Å². The zero-order chi connectivity index (χ0) is 10.3. The van der Waals surface area contributed by atoms with E-state index in [1.165, 1.54) is 6.92 Å². The van der Waals surface area contributed by atoms with E-state index in [1.54, 1.807) is 0 Å². The second kappa shape index (κ2) is 6.77. The van der Waals surface area contributed by atoms with Crippen molar-refractivity contribution in [1.82, 2.24) is 5.32 Å². The van der Waals surface area contributed by atoms with Gasteiger partial charge in [-0.2, -0.15) is 0 Å². The van der Waals surface area contributed by atoms with Crippen molar-refractivity contribution in [2.24, 2.45) is 0 Å². The molecular formula is C8H15NO3S. The van der Waals surface area contributed by atoms with Gasteiger partial charge in [-0.3, -0.25) is 13.8 Å². The van der Waals surface area contributed by atoms with Crippen LogP contribution >= 0.6 is 0 Å². The first-order valence-electron chi connectivity index (χ1n) is 4.17. The van der Waals surface area contributed by atoms with Gasteiger partial charge in [0.2, 0.25) is 5.91 Å². The molecule has 1 N–H and O–H groups in total. The molecule has 0 rings (SSSR count).